The summed E-state index contributed by atoms with van der Waals surface area (Å²) in [6.45, 7) is 4.96. The molecule has 148 valence electrons. The van der Waals surface area contributed by atoms with E-state index in [0.29, 0.717) is 29.9 Å². The van der Waals surface area contributed by atoms with Gasteiger partial charge >= 0.3 is 12.1 Å². The van der Waals surface area contributed by atoms with Crippen LogP contribution in [0.2, 0.25) is 0 Å². The molecule has 0 aromatic carbocycles. The molecule has 0 saturated heterocycles. The quantitative estimate of drug-likeness (QED) is 0.780. The molecule has 0 radical (unpaired) electrons. The van der Waals surface area contributed by atoms with Crippen molar-refractivity contribution in [2.45, 2.75) is 46.2 Å². The first kappa shape index (κ1) is 20.6. The first-order chi connectivity index (χ1) is 12.5. The Kier molecular flexibility index (Phi) is 6.01. The van der Waals surface area contributed by atoms with Gasteiger partial charge in [0, 0.05) is 24.4 Å². The van der Waals surface area contributed by atoms with Crippen LogP contribution in [0.4, 0.5) is 13.2 Å². The lowest BCUT2D eigenvalue weighted by molar-refractivity contribution is -0.145. The number of aromatic nitrogens is 4. The molecule has 0 saturated carbocycles. The second-order valence-corrected chi connectivity index (χ2v) is 6.12. The number of hydrogen-bond acceptors (Lipinski definition) is 5. The van der Waals surface area contributed by atoms with Crippen molar-refractivity contribution in [2.24, 2.45) is 0 Å². The molecule has 0 fully saturated rings. The first-order valence-electron chi connectivity index (χ1n) is 8.34. The van der Waals surface area contributed by atoms with E-state index in [9.17, 15) is 22.8 Å². The third-order valence-corrected chi connectivity index (χ3v) is 4.06. The second-order valence-electron chi connectivity index (χ2n) is 6.12. The molecule has 0 aliphatic heterocycles. The summed E-state index contributed by atoms with van der Waals surface area (Å²) >= 11 is 0. The van der Waals surface area contributed by atoms with Crippen molar-refractivity contribution in [1.82, 2.24) is 24.5 Å². The summed E-state index contributed by atoms with van der Waals surface area (Å²) in [7, 11) is 0. The van der Waals surface area contributed by atoms with E-state index in [1.165, 1.54) is 4.90 Å². The van der Waals surface area contributed by atoms with Gasteiger partial charge in [0.1, 0.15) is 6.54 Å². The van der Waals surface area contributed by atoms with Gasteiger partial charge in [-0.1, -0.05) is 6.92 Å². The molecule has 1 N–H and O–H groups in total. The van der Waals surface area contributed by atoms with Gasteiger partial charge in [0.05, 0.1) is 0 Å². The Bertz CT molecular complexity index is 863. The number of aryl methyl sites for hydroxylation is 2. The number of carbonyl (C=O) groups excluding carboxylic acids is 1. The lowest BCUT2D eigenvalue weighted by Gasteiger charge is -2.20. The van der Waals surface area contributed by atoms with Crippen molar-refractivity contribution in [2.75, 3.05) is 13.1 Å². The standard InChI is InChI=1S/C16H20F3N5O3/c1-4-7-23(8-13(26)27)12(25)6-5-11-9(2)20-15-21-14(16(17,18)19)22-24(15)10(11)3/h4-8H2,1-3H3,(H,26,27). The predicted molar refractivity (Wildman–Crippen MR) is 88.1 cm³/mol. The van der Waals surface area contributed by atoms with Gasteiger partial charge < -0.3 is 10.0 Å². The van der Waals surface area contributed by atoms with Crippen LogP contribution in [-0.2, 0) is 22.2 Å². The van der Waals surface area contributed by atoms with Gasteiger partial charge in [-0.2, -0.15) is 18.2 Å². The summed E-state index contributed by atoms with van der Waals surface area (Å²) in [5.41, 5.74) is 1.45. The molecule has 2 heterocycles. The SMILES string of the molecule is CCCN(CC(=O)O)C(=O)CCc1c(C)nc2nc(C(F)(F)F)nn2c1C. The number of hydrogen-bond donors (Lipinski definition) is 1. The van der Waals surface area contributed by atoms with Crippen LogP contribution in [-0.4, -0.2) is 54.6 Å². The molecular weight excluding hydrogens is 367 g/mol. The molecule has 1 amide bonds. The fourth-order valence-electron chi connectivity index (χ4n) is 2.81. The number of fused-ring (bicyclic) bond motifs is 1. The van der Waals surface area contributed by atoms with E-state index in [2.05, 4.69) is 15.1 Å². The summed E-state index contributed by atoms with van der Waals surface area (Å²) in [6, 6.07) is 0. The van der Waals surface area contributed by atoms with Crippen LogP contribution in [0.5, 0.6) is 0 Å². The van der Waals surface area contributed by atoms with Gasteiger partial charge in [0.15, 0.2) is 0 Å². The molecule has 27 heavy (non-hydrogen) atoms. The number of amides is 1. The maximum Gasteiger partial charge on any atom is 0.453 e. The van der Waals surface area contributed by atoms with Crippen molar-refractivity contribution in [3.05, 3.63) is 22.8 Å². The Balaban J connectivity index is 2.25. The van der Waals surface area contributed by atoms with Crippen LogP contribution in [0.25, 0.3) is 5.78 Å². The number of alkyl halides is 3. The van der Waals surface area contributed by atoms with Crippen LogP contribution in [0.3, 0.4) is 0 Å². The zero-order chi connectivity index (χ0) is 20.4. The van der Waals surface area contributed by atoms with E-state index in [1.54, 1.807) is 13.8 Å². The highest BCUT2D eigenvalue weighted by atomic mass is 19.4. The highest BCUT2D eigenvalue weighted by Gasteiger charge is 2.37. The number of nitrogens with zero attached hydrogens (tertiary/aromatic N) is 5. The van der Waals surface area contributed by atoms with E-state index in [-0.39, 0.29) is 31.1 Å². The van der Waals surface area contributed by atoms with E-state index in [4.69, 9.17) is 5.11 Å². The topological polar surface area (TPSA) is 101 Å². The number of aliphatic carboxylic acids is 1. The van der Waals surface area contributed by atoms with Crippen molar-refractivity contribution >= 4 is 17.7 Å². The minimum Gasteiger partial charge on any atom is -0.480 e. The molecule has 0 spiro atoms. The molecule has 8 nitrogen and oxygen atoms in total. The Morgan fingerprint density at radius 3 is 2.44 bits per heavy atom. The second kappa shape index (κ2) is 7.89. The molecule has 2 aromatic rings. The molecule has 0 unspecified atom stereocenters. The van der Waals surface area contributed by atoms with Crippen molar-refractivity contribution < 1.29 is 27.9 Å². The molecule has 11 heteroatoms. The Morgan fingerprint density at radius 1 is 1.22 bits per heavy atom. The third kappa shape index (κ3) is 4.72. The lowest BCUT2D eigenvalue weighted by Crippen LogP contribution is -2.36. The fourth-order valence-corrected chi connectivity index (χ4v) is 2.81. The predicted octanol–water partition coefficient (Wildman–Crippen LogP) is 2.02. The highest BCUT2D eigenvalue weighted by Crippen LogP contribution is 2.27. The number of halogens is 3. The summed E-state index contributed by atoms with van der Waals surface area (Å²) < 4.78 is 39.5. The summed E-state index contributed by atoms with van der Waals surface area (Å²) in [4.78, 5) is 31.9. The first-order valence-corrected chi connectivity index (χ1v) is 8.34. The number of carbonyl (C=O) groups is 2. The van der Waals surface area contributed by atoms with Gasteiger partial charge in [-0.15, -0.1) is 5.10 Å². The van der Waals surface area contributed by atoms with E-state index >= 15 is 0 Å². The van der Waals surface area contributed by atoms with Crippen LogP contribution in [0, 0.1) is 13.8 Å². The normalized spacial score (nSPS) is 11.8. The minimum atomic E-state index is -4.68. The zero-order valence-corrected chi connectivity index (χ0v) is 15.2. The lowest BCUT2D eigenvalue weighted by atomic mass is 10.1. The number of carboxylic acid groups (broad SMARTS) is 1. The van der Waals surface area contributed by atoms with E-state index in [1.807, 2.05) is 6.92 Å². The van der Waals surface area contributed by atoms with Crippen LogP contribution in [0.1, 0.15) is 42.5 Å². The molecule has 0 bridgehead atoms. The number of carboxylic acids is 1. The number of rotatable bonds is 7. The average molecular weight is 387 g/mol. The molecular formula is C16H20F3N5O3. The van der Waals surface area contributed by atoms with Crippen molar-refractivity contribution in [3.8, 4) is 0 Å². The van der Waals surface area contributed by atoms with Gasteiger partial charge in [-0.3, -0.25) is 9.59 Å². The van der Waals surface area contributed by atoms with Gasteiger partial charge in [-0.25, -0.2) is 9.50 Å². The smallest absolute Gasteiger partial charge is 0.453 e. The molecule has 0 aliphatic rings. The summed E-state index contributed by atoms with van der Waals surface area (Å²) in [5.74, 6) is -2.88. The van der Waals surface area contributed by atoms with E-state index in [0.717, 1.165) is 4.52 Å². The molecule has 0 aliphatic carbocycles. The fraction of sp³-hybridized carbons (Fsp3) is 0.562. The third-order valence-electron chi connectivity index (χ3n) is 4.06. The zero-order valence-electron chi connectivity index (χ0n) is 15.2. The Morgan fingerprint density at radius 2 is 1.89 bits per heavy atom. The molecule has 2 aromatic heterocycles. The monoisotopic (exact) mass is 387 g/mol. The Labute approximate surface area is 153 Å². The van der Waals surface area contributed by atoms with Crippen LogP contribution < -0.4 is 0 Å². The van der Waals surface area contributed by atoms with Gasteiger partial charge in [-0.05, 0) is 32.3 Å². The maximum absolute atomic E-state index is 12.8. The molecule has 0 atom stereocenters. The molecule has 2 rings (SSSR count). The summed E-state index contributed by atoms with van der Waals surface area (Å²) in [5, 5.41) is 12.4. The minimum absolute atomic E-state index is 0.0168. The van der Waals surface area contributed by atoms with Gasteiger partial charge in [0.2, 0.25) is 5.91 Å². The Hall–Kier alpha value is -2.72. The summed E-state index contributed by atoms with van der Waals surface area (Å²) in [6.07, 6.45) is -3.84. The van der Waals surface area contributed by atoms with Crippen LogP contribution in [0.15, 0.2) is 0 Å². The highest BCUT2D eigenvalue weighted by molar-refractivity contribution is 5.81. The van der Waals surface area contributed by atoms with Gasteiger partial charge in [0.25, 0.3) is 11.6 Å². The largest absolute Gasteiger partial charge is 0.480 e. The van der Waals surface area contributed by atoms with Crippen LogP contribution >= 0.6 is 0 Å². The van der Waals surface area contributed by atoms with E-state index < -0.39 is 18.0 Å². The average Bonchev–Trinajstić information content (AvgIpc) is 2.98. The maximum atomic E-state index is 12.8. The van der Waals surface area contributed by atoms with Crippen molar-refractivity contribution in [3.63, 3.8) is 0 Å². The van der Waals surface area contributed by atoms with Crippen molar-refractivity contribution in [1.29, 1.82) is 0 Å².